The standard InChI is InChI=1S/C29H34ClF2N7O3/c1-35-11-12-37(25(40)18-35)17-22-21-16-36(24-14-33-39(29(41)27(24)30)26-8-4-5-13-42-26)10-9-23(21)38(34-22)15-19-6-2-3-7-20(19)28(31)32/h2-3,6-7,14,26,28H,4-5,8-13,15-18H2,1H3. The summed E-state index contributed by atoms with van der Waals surface area (Å²) >= 11 is 6.65. The molecule has 42 heavy (non-hydrogen) atoms. The number of amides is 1. The van der Waals surface area contributed by atoms with Gasteiger partial charge in [0.15, 0.2) is 6.23 Å². The zero-order valence-corrected chi connectivity index (χ0v) is 24.3. The van der Waals surface area contributed by atoms with Gasteiger partial charge in [-0.2, -0.15) is 14.9 Å². The van der Waals surface area contributed by atoms with Crippen LogP contribution in [0.2, 0.25) is 5.02 Å². The highest BCUT2D eigenvalue weighted by Gasteiger charge is 2.31. The molecular weight excluding hydrogens is 568 g/mol. The van der Waals surface area contributed by atoms with Crippen LogP contribution in [0, 0.1) is 0 Å². The molecule has 0 saturated carbocycles. The van der Waals surface area contributed by atoms with E-state index in [1.54, 1.807) is 34.0 Å². The Labute approximate surface area is 247 Å². The molecule has 13 heteroatoms. The Kier molecular flexibility index (Phi) is 8.28. The molecule has 0 spiro atoms. The van der Waals surface area contributed by atoms with Gasteiger partial charge in [0, 0.05) is 56.0 Å². The van der Waals surface area contributed by atoms with E-state index in [2.05, 4.69) is 5.10 Å². The fraction of sp³-hybridized carbons (Fsp3) is 0.517. The molecule has 1 atom stereocenters. The molecular formula is C29H34ClF2N7O3. The average Bonchev–Trinajstić information content (AvgIpc) is 3.32. The van der Waals surface area contributed by atoms with Crippen molar-refractivity contribution in [1.82, 2.24) is 29.4 Å². The fourth-order valence-corrected chi connectivity index (χ4v) is 6.29. The van der Waals surface area contributed by atoms with Crippen molar-refractivity contribution >= 4 is 23.2 Å². The molecule has 3 aliphatic rings. The Morgan fingerprint density at radius 2 is 1.93 bits per heavy atom. The van der Waals surface area contributed by atoms with E-state index in [1.807, 2.05) is 16.8 Å². The molecule has 3 aliphatic heterocycles. The first-order valence-corrected chi connectivity index (χ1v) is 14.7. The lowest BCUT2D eigenvalue weighted by Gasteiger charge is -2.33. The molecule has 5 heterocycles. The SMILES string of the molecule is CN1CCN(Cc2nn(Cc3ccccc3C(F)F)c3c2CN(c2cnn(C4CCCCO4)c(=O)c2Cl)CC3)C(=O)C1. The zero-order chi connectivity index (χ0) is 29.4. The molecule has 1 amide bonds. The Balaban J connectivity index is 1.32. The summed E-state index contributed by atoms with van der Waals surface area (Å²) in [4.78, 5) is 31.8. The van der Waals surface area contributed by atoms with Crippen LogP contribution in [0.25, 0.3) is 0 Å². The number of carbonyl (C=O) groups is 1. The molecule has 0 aliphatic carbocycles. The quantitative estimate of drug-likeness (QED) is 0.409. The number of aromatic nitrogens is 4. The van der Waals surface area contributed by atoms with E-state index in [0.717, 1.165) is 36.3 Å². The number of anilines is 1. The number of hydrogen-bond donors (Lipinski definition) is 0. The van der Waals surface area contributed by atoms with Crippen LogP contribution >= 0.6 is 11.6 Å². The molecule has 0 radical (unpaired) electrons. The maximum atomic E-state index is 13.8. The third kappa shape index (κ3) is 5.67. The van der Waals surface area contributed by atoms with Crippen LogP contribution in [0.3, 0.4) is 0 Å². The summed E-state index contributed by atoms with van der Waals surface area (Å²) in [6.07, 6.45) is 1.77. The van der Waals surface area contributed by atoms with Crippen molar-refractivity contribution in [1.29, 1.82) is 0 Å². The van der Waals surface area contributed by atoms with Gasteiger partial charge in [0.2, 0.25) is 5.91 Å². The number of fused-ring (bicyclic) bond motifs is 1. The number of halogens is 3. The predicted molar refractivity (Wildman–Crippen MR) is 153 cm³/mol. The number of benzene rings is 1. The summed E-state index contributed by atoms with van der Waals surface area (Å²) in [5.74, 6) is 0.0172. The number of piperazine rings is 1. The second-order valence-corrected chi connectivity index (χ2v) is 11.5. The summed E-state index contributed by atoms with van der Waals surface area (Å²) in [6.45, 7) is 3.69. The average molecular weight is 602 g/mol. The first-order valence-electron chi connectivity index (χ1n) is 14.3. The van der Waals surface area contributed by atoms with Crippen molar-refractivity contribution in [2.45, 2.75) is 58.0 Å². The van der Waals surface area contributed by atoms with Gasteiger partial charge in [-0.15, -0.1) is 0 Å². The van der Waals surface area contributed by atoms with Crippen LogP contribution < -0.4 is 10.5 Å². The Morgan fingerprint density at radius 3 is 2.69 bits per heavy atom. The maximum Gasteiger partial charge on any atom is 0.290 e. The molecule has 1 unspecified atom stereocenters. The second-order valence-electron chi connectivity index (χ2n) is 11.2. The Bertz CT molecular complexity index is 1520. The van der Waals surface area contributed by atoms with Gasteiger partial charge >= 0.3 is 0 Å². The smallest absolute Gasteiger partial charge is 0.290 e. The first kappa shape index (κ1) is 28.8. The van der Waals surface area contributed by atoms with E-state index in [4.69, 9.17) is 21.4 Å². The van der Waals surface area contributed by atoms with Crippen LogP contribution in [0.15, 0.2) is 35.3 Å². The summed E-state index contributed by atoms with van der Waals surface area (Å²) in [7, 11) is 1.91. The highest BCUT2D eigenvalue weighted by molar-refractivity contribution is 6.33. The third-order valence-electron chi connectivity index (χ3n) is 8.37. The van der Waals surface area contributed by atoms with E-state index in [0.29, 0.717) is 63.4 Å². The van der Waals surface area contributed by atoms with Gasteiger partial charge in [-0.05, 0) is 31.9 Å². The van der Waals surface area contributed by atoms with Crippen molar-refractivity contribution in [3.63, 3.8) is 0 Å². The summed E-state index contributed by atoms with van der Waals surface area (Å²) in [5, 5.41) is 9.38. The van der Waals surface area contributed by atoms with Crippen molar-refractivity contribution in [2.24, 2.45) is 0 Å². The Hall–Kier alpha value is -3.35. The van der Waals surface area contributed by atoms with Crippen molar-refractivity contribution in [3.8, 4) is 0 Å². The van der Waals surface area contributed by atoms with Crippen molar-refractivity contribution in [3.05, 3.63) is 73.9 Å². The number of carbonyl (C=O) groups excluding carboxylic acids is 1. The van der Waals surface area contributed by atoms with E-state index >= 15 is 0 Å². The minimum Gasteiger partial charge on any atom is -0.364 e. The highest BCUT2D eigenvalue weighted by Crippen LogP contribution is 2.32. The molecule has 2 fully saturated rings. The third-order valence-corrected chi connectivity index (χ3v) is 8.73. The number of alkyl halides is 2. The molecule has 3 aromatic rings. The lowest BCUT2D eigenvalue weighted by molar-refractivity contribution is -0.136. The lowest BCUT2D eigenvalue weighted by atomic mass is 10.0. The fourth-order valence-electron chi connectivity index (χ4n) is 6.03. The van der Waals surface area contributed by atoms with E-state index < -0.39 is 18.2 Å². The minimum absolute atomic E-state index is 0.0172. The van der Waals surface area contributed by atoms with Crippen LogP contribution in [-0.4, -0.2) is 75.1 Å². The van der Waals surface area contributed by atoms with E-state index in [-0.39, 0.29) is 23.0 Å². The number of hydrogen-bond acceptors (Lipinski definition) is 7. The number of ether oxygens (including phenoxy) is 1. The highest BCUT2D eigenvalue weighted by atomic mass is 35.5. The van der Waals surface area contributed by atoms with E-state index in [1.165, 1.54) is 10.7 Å². The van der Waals surface area contributed by atoms with Crippen LogP contribution in [0.1, 0.15) is 60.0 Å². The largest absolute Gasteiger partial charge is 0.364 e. The van der Waals surface area contributed by atoms with Gasteiger partial charge in [0.25, 0.3) is 12.0 Å². The van der Waals surface area contributed by atoms with Crippen molar-refractivity contribution < 1.29 is 18.3 Å². The number of rotatable bonds is 7. The molecule has 0 N–H and O–H groups in total. The van der Waals surface area contributed by atoms with Crippen LogP contribution in [0.5, 0.6) is 0 Å². The monoisotopic (exact) mass is 601 g/mol. The molecule has 6 rings (SSSR count). The number of likely N-dealkylation sites (N-methyl/N-ethyl adjacent to an activating group) is 1. The Morgan fingerprint density at radius 1 is 1.10 bits per heavy atom. The topological polar surface area (TPSA) is 88.7 Å². The summed E-state index contributed by atoms with van der Waals surface area (Å²) in [5.41, 5.74) is 3.18. The second kappa shape index (κ2) is 12.1. The van der Waals surface area contributed by atoms with Gasteiger partial charge < -0.3 is 14.5 Å². The lowest BCUT2D eigenvalue weighted by Crippen LogP contribution is -2.48. The maximum absolute atomic E-state index is 13.8. The van der Waals surface area contributed by atoms with Gasteiger partial charge in [-0.25, -0.2) is 8.78 Å². The molecule has 1 aromatic carbocycles. The number of nitrogens with zero attached hydrogens (tertiary/aromatic N) is 7. The first-order chi connectivity index (χ1) is 20.3. The van der Waals surface area contributed by atoms with Gasteiger partial charge in [0.05, 0.1) is 37.2 Å². The normalized spacial score (nSPS) is 19.9. The van der Waals surface area contributed by atoms with Gasteiger partial charge in [-0.3, -0.25) is 19.2 Å². The summed E-state index contributed by atoms with van der Waals surface area (Å²) in [6, 6.07) is 6.50. The van der Waals surface area contributed by atoms with Gasteiger partial charge in [-0.1, -0.05) is 35.9 Å². The molecule has 2 saturated heterocycles. The van der Waals surface area contributed by atoms with Gasteiger partial charge in [0.1, 0.15) is 5.02 Å². The van der Waals surface area contributed by atoms with Crippen molar-refractivity contribution in [2.75, 3.05) is 44.7 Å². The summed E-state index contributed by atoms with van der Waals surface area (Å²) < 4.78 is 36.4. The molecule has 0 bridgehead atoms. The molecule has 2 aromatic heterocycles. The van der Waals surface area contributed by atoms with E-state index in [9.17, 15) is 18.4 Å². The molecule has 10 nitrogen and oxygen atoms in total. The molecule has 224 valence electrons. The van der Waals surface area contributed by atoms with Crippen LogP contribution in [-0.2, 0) is 35.6 Å². The predicted octanol–water partition coefficient (Wildman–Crippen LogP) is 3.61. The zero-order valence-electron chi connectivity index (χ0n) is 23.5. The minimum atomic E-state index is -2.60. The van der Waals surface area contributed by atoms with Crippen LogP contribution in [0.4, 0.5) is 14.5 Å².